The molecule has 0 radical (unpaired) electrons. The van der Waals surface area contributed by atoms with Crippen LogP contribution in [0.15, 0.2) is 54.6 Å². The van der Waals surface area contributed by atoms with Crippen LogP contribution in [0.4, 0.5) is 0 Å². The van der Waals surface area contributed by atoms with Crippen LogP contribution in [0.1, 0.15) is 68.2 Å². The minimum atomic E-state index is -0.0822. The summed E-state index contributed by atoms with van der Waals surface area (Å²) in [5, 5.41) is 18.7. The van der Waals surface area contributed by atoms with E-state index in [9.17, 15) is 10.2 Å². The first kappa shape index (κ1) is 22.2. The van der Waals surface area contributed by atoms with Crippen LogP contribution in [-0.4, -0.2) is 10.2 Å². The van der Waals surface area contributed by atoms with Crippen molar-refractivity contribution in [3.63, 3.8) is 0 Å². The molecule has 1 atom stereocenters. The van der Waals surface area contributed by atoms with E-state index in [1.165, 1.54) is 18.4 Å². The van der Waals surface area contributed by atoms with Crippen molar-refractivity contribution < 1.29 is 14.9 Å². The second-order valence-corrected chi connectivity index (χ2v) is 7.42. The molecule has 0 saturated carbocycles. The maximum Gasteiger partial charge on any atom is 0.120 e. The first-order valence-corrected chi connectivity index (χ1v) is 10.3. The van der Waals surface area contributed by atoms with Crippen LogP contribution in [0.2, 0.25) is 0 Å². The fourth-order valence-electron chi connectivity index (χ4n) is 3.32. The Bertz CT molecular complexity index is 747. The van der Waals surface area contributed by atoms with Gasteiger partial charge in [-0.15, -0.1) is 0 Å². The van der Waals surface area contributed by atoms with Crippen molar-refractivity contribution in [3.8, 4) is 5.75 Å². The van der Waals surface area contributed by atoms with E-state index in [1.807, 2.05) is 30.3 Å². The maximum absolute atomic E-state index is 9.44. The zero-order chi connectivity index (χ0) is 20.4. The molecule has 2 aromatic carbocycles. The lowest BCUT2D eigenvalue weighted by Crippen LogP contribution is -2.01. The average molecular weight is 383 g/mol. The van der Waals surface area contributed by atoms with Crippen molar-refractivity contribution in [3.05, 3.63) is 76.9 Å². The Morgan fingerprint density at radius 3 is 2.39 bits per heavy atom. The number of allylic oxidation sites excluding steroid dienone is 2. The minimum absolute atomic E-state index is 0.0668. The number of ether oxygens (including phenoxy) is 1. The highest BCUT2D eigenvalue weighted by molar-refractivity contribution is 5.33. The highest BCUT2D eigenvalue weighted by Crippen LogP contribution is 2.25. The fourth-order valence-corrected chi connectivity index (χ4v) is 3.32. The lowest BCUT2D eigenvalue weighted by atomic mass is 9.95. The van der Waals surface area contributed by atoms with Crippen LogP contribution >= 0.6 is 0 Å². The number of hydrogen-bond donors (Lipinski definition) is 2. The molecule has 0 heterocycles. The van der Waals surface area contributed by atoms with Crippen molar-refractivity contribution >= 4 is 0 Å². The predicted octanol–water partition coefficient (Wildman–Crippen LogP) is 5.74. The van der Waals surface area contributed by atoms with Crippen molar-refractivity contribution in [2.24, 2.45) is 5.92 Å². The summed E-state index contributed by atoms with van der Waals surface area (Å²) in [7, 11) is 0. The maximum atomic E-state index is 9.44. The molecule has 0 aliphatic rings. The zero-order valence-corrected chi connectivity index (χ0v) is 17.4. The monoisotopic (exact) mass is 382 g/mol. The predicted molar refractivity (Wildman–Crippen MR) is 115 cm³/mol. The molecule has 1 unspecified atom stereocenters. The van der Waals surface area contributed by atoms with Crippen molar-refractivity contribution in [2.45, 2.75) is 65.8 Å². The molecule has 152 valence electrons. The lowest BCUT2D eigenvalue weighted by Gasteiger charge is -2.14. The molecule has 0 saturated heterocycles. The van der Waals surface area contributed by atoms with E-state index in [4.69, 9.17) is 4.74 Å². The van der Waals surface area contributed by atoms with Crippen LogP contribution in [-0.2, 0) is 19.8 Å². The zero-order valence-electron chi connectivity index (χ0n) is 17.4. The third-order valence-electron chi connectivity index (χ3n) is 5.39. The third-order valence-corrected chi connectivity index (χ3v) is 5.39. The molecule has 0 aliphatic heterocycles. The van der Waals surface area contributed by atoms with Gasteiger partial charge in [0.15, 0.2) is 0 Å². The van der Waals surface area contributed by atoms with E-state index < -0.39 is 0 Å². The Kier molecular flexibility index (Phi) is 9.26. The summed E-state index contributed by atoms with van der Waals surface area (Å²) in [6.07, 6.45) is 8.09. The van der Waals surface area contributed by atoms with Crippen molar-refractivity contribution in [1.82, 2.24) is 0 Å². The van der Waals surface area contributed by atoms with E-state index >= 15 is 0 Å². The second-order valence-electron chi connectivity index (χ2n) is 7.42. The van der Waals surface area contributed by atoms with Crippen LogP contribution in [0.5, 0.6) is 5.75 Å². The Morgan fingerprint density at radius 2 is 1.71 bits per heavy atom. The molecule has 0 fully saturated rings. The van der Waals surface area contributed by atoms with Gasteiger partial charge in [0, 0.05) is 0 Å². The molecule has 2 N–H and O–H groups in total. The topological polar surface area (TPSA) is 49.7 Å². The molecule has 0 aliphatic carbocycles. The molecule has 2 rings (SSSR count). The summed E-state index contributed by atoms with van der Waals surface area (Å²) in [5.41, 5.74) is 3.75. The van der Waals surface area contributed by atoms with E-state index in [2.05, 4.69) is 45.1 Å². The Hall–Kier alpha value is -2.10. The van der Waals surface area contributed by atoms with E-state index in [-0.39, 0.29) is 13.2 Å². The summed E-state index contributed by atoms with van der Waals surface area (Å²) in [4.78, 5) is 0. The second kappa shape index (κ2) is 11.7. The molecule has 0 aromatic heterocycles. The van der Waals surface area contributed by atoms with Crippen molar-refractivity contribution in [1.29, 1.82) is 0 Å². The third kappa shape index (κ3) is 6.50. The van der Waals surface area contributed by atoms with E-state index in [0.717, 1.165) is 28.9 Å². The minimum Gasteiger partial charge on any atom is -0.489 e. The molecule has 28 heavy (non-hydrogen) atoms. The van der Waals surface area contributed by atoms with Gasteiger partial charge in [-0.05, 0) is 71.6 Å². The number of benzene rings is 2. The Labute approximate surface area is 169 Å². The van der Waals surface area contributed by atoms with Gasteiger partial charge in [-0.25, -0.2) is 0 Å². The molecule has 0 amide bonds. The largest absolute Gasteiger partial charge is 0.489 e. The lowest BCUT2D eigenvalue weighted by molar-refractivity contribution is 0.259. The van der Waals surface area contributed by atoms with Gasteiger partial charge in [-0.3, -0.25) is 0 Å². The molecule has 0 bridgehead atoms. The summed E-state index contributed by atoms with van der Waals surface area (Å²) in [5.74, 6) is 1.98. The van der Waals surface area contributed by atoms with Gasteiger partial charge in [0.05, 0.1) is 13.2 Å². The molecule has 3 nitrogen and oxygen atoms in total. The average Bonchev–Trinajstić information content (AvgIpc) is 2.75. The summed E-state index contributed by atoms with van der Waals surface area (Å²) >= 11 is 0. The van der Waals surface area contributed by atoms with Crippen LogP contribution in [0.25, 0.3) is 0 Å². The van der Waals surface area contributed by atoms with Gasteiger partial charge in [-0.1, -0.05) is 57.2 Å². The highest BCUT2D eigenvalue weighted by atomic mass is 16.5. The van der Waals surface area contributed by atoms with E-state index in [1.54, 1.807) is 0 Å². The SMILES string of the molecule is CCC(/C=C/CC(C)c1cccc(OCc2ccc(CO)c(CO)c2)c1)CC. The summed E-state index contributed by atoms with van der Waals surface area (Å²) in [6.45, 7) is 7.01. The number of aliphatic hydroxyl groups is 2. The van der Waals surface area contributed by atoms with E-state index in [0.29, 0.717) is 18.4 Å². The number of rotatable bonds is 11. The van der Waals surface area contributed by atoms with Gasteiger partial charge >= 0.3 is 0 Å². The molecule has 0 spiro atoms. The Morgan fingerprint density at radius 1 is 0.964 bits per heavy atom. The van der Waals surface area contributed by atoms with Crippen LogP contribution < -0.4 is 4.74 Å². The molecule has 3 heteroatoms. The first-order chi connectivity index (χ1) is 13.6. The standard InChI is InChI=1S/C25H34O3/c1-4-20(5-2)9-6-8-19(3)22-10-7-11-25(15-22)28-18-21-12-13-23(16-26)24(14-21)17-27/h6-7,9-15,19-20,26-27H,4-5,8,16-18H2,1-3H3/b9-6+. The van der Waals surface area contributed by atoms with Gasteiger partial charge in [-0.2, -0.15) is 0 Å². The highest BCUT2D eigenvalue weighted by Gasteiger charge is 2.07. The van der Waals surface area contributed by atoms with Crippen molar-refractivity contribution in [2.75, 3.05) is 0 Å². The molecular formula is C25H34O3. The molecule has 2 aromatic rings. The van der Waals surface area contributed by atoms with Crippen LogP contribution in [0.3, 0.4) is 0 Å². The summed E-state index contributed by atoms with van der Waals surface area (Å²) < 4.78 is 5.97. The fraction of sp³-hybridized carbons (Fsp3) is 0.440. The first-order valence-electron chi connectivity index (χ1n) is 10.3. The van der Waals surface area contributed by atoms with Gasteiger partial charge in [0.1, 0.15) is 12.4 Å². The summed E-state index contributed by atoms with van der Waals surface area (Å²) in [6, 6.07) is 14.0. The quantitative estimate of drug-likeness (QED) is 0.488. The van der Waals surface area contributed by atoms with Gasteiger partial charge < -0.3 is 14.9 Å². The normalized spacial score (nSPS) is 12.6. The van der Waals surface area contributed by atoms with Gasteiger partial charge in [0.25, 0.3) is 0 Å². The van der Waals surface area contributed by atoms with Crippen LogP contribution in [0, 0.1) is 5.92 Å². The van der Waals surface area contributed by atoms with Gasteiger partial charge in [0.2, 0.25) is 0 Å². The molecular weight excluding hydrogens is 348 g/mol. The number of hydrogen-bond acceptors (Lipinski definition) is 3. The number of aliphatic hydroxyl groups excluding tert-OH is 2. The smallest absolute Gasteiger partial charge is 0.120 e. The Balaban J connectivity index is 1.97.